The van der Waals surface area contributed by atoms with Crippen molar-refractivity contribution in [2.24, 2.45) is 5.73 Å². The summed E-state index contributed by atoms with van der Waals surface area (Å²) in [6.45, 7) is 5.99. The molecule has 1 amide bonds. The molecule has 0 fully saturated rings. The Labute approximate surface area is 131 Å². The van der Waals surface area contributed by atoms with Gasteiger partial charge in [0.25, 0.3) is 0 Å². The standard InChI is InChI=1S/C16H26N2O2S/c1-16(2,3)20-15(19)18-12(10-17)9-13-8-11-6-4-5-7-14(11)21-13/h8,12H,4-7,9-10,17H2,1-3H3,(H,18,19). The molecule has 118 valence electrons. The molecule has 1 atom stereocenters. The number of hydrogen-bond acceptors (Lipinski definition) is 4. The summed E-state index contributed by atoms with van der Waals surface area (Å²) >= 11 is 1.87. The molecule has 5 heteroatoms. The zero-order chi connectivity index (χ0) is 15.5. The Morgan fingerprint density at radius 3 is 2.76 bits per heavy atom. The van der Waals surface area contributed by atoms with E-state index in [0.717, 1.165) is 6.42 Å². The Hall–Kier alpha value is -1.07. The summed E-state index contributed by atoms with van der Waals surface area (Å²) in [6, 6.07) is 2.22. The summed E-state index contributed by atoms with van der Waals surface area (Å²) in [7, 11) is 0. The number of ether oxygens (including phenoxy) is 1. The van der Waals surface area contributed by atoms with E-state index < -0.39 is 5.60 Å². The first kappa shape index (κ1) is 16.3. The molecule has 0 aromatic carbocycles. The van der Waals surface area contributed by atoms with E-state index in [0.29, 0.717) is 6.54 Å². The minimum absolute atomic E-state index is 0.0695. The van der Waals surface area contributed by atoms with Crippen molar-refractivity contribution in [2.75, 3.05) is 6.54 Å². The highest BCUT2D eigenvalue weighted by molar-refractivity contribution is 7.12. The lowest BCUT2D eigenvalue weighted by molar-refractivity contribution is 0.0506. The number of thiophene rings is 1. The van der Waals surface area contributed by atoms with Crippen molar-refractivity contribution in [1.29, 1.82) is 0 Å². The van der Waals surface area contributed by atoms with Crippen molar-refractivity contribution in [3.63, 3.8) is 0 Å². The number of amides is 1. The van der Waals surface area contributed by atoms with Crippen LogP contribution in [0.15, 0.2) is 6.07 Å². The van der Waals surface area contributed by atoms with Gasteiger partial charge in [-0.25, -0.2) is 4.79 Å². The van der Waals surface area contributed by atoms with Gasteiger partial charge in [0.15, 0.2) is 0 Å². The quantitative estimate of drug-likeness (QED) is 0.898. The summed E-state index contributed by atoms with van der Waals surface area (Å²) in [4.78, 5) is 14.7. The Balaban J connectivity index is 1.92. The number of hydrogen-bond donors (Lipinski definition) is 2. The average molecular weight is 310 g/mol. The van der Waals surface area contributed by atoms with E-state index in [1.165, 1.54) is 41.0 Å². The largest absolute Gasteiger partial charge is 0.444 e. The van der Waals surface area contributed by atoms with Crippen LogP contribution in [0.5, 0.6) is 0 Å². The van der Waals surface area contributed by atoms with E-state index >= 15 is 0 Å². The molecule has 1 aromatic heterocycles. The molecule has 0 saturated heterocycles. The Kier molecular flexibility index (Phi) is 5.27. The lowest BCUT2D eigenvalue weighted by Gasteiger charge is -2.22. The third-order valence-electron chi connectivity index (χ3n) is 3.50. The third-order valence-corrected chi connectivity index (χ3v) is 4.76. The van der Waals surface area contributed by atoms with Gasteiger partial charge in [-0.3, -0.25) is 0 Å². The number of rotatable bonds is 4. The van der Waals surface area contributed by atoms with Gasteiger partial charge in [-0.2, -0.15) is 0 Å². The van der Waals surface area contributed by atoms with Crippen LogP contribution >= 0.6 is 11.3 Å². The monoisotopic (exact) mass is 310 g/mol. The van der Waals surface area contributed by atoms with Crippen molar-refractivity contribution < 1.29 is 9.53 Å². The minimum atomic E-state index is -0.481. The molecule has 2 rings (SSSR count). The van der Waals surface area contributed by atoms with Crippen LogP contribution in [0.4, 0.5) is 4.79 Å². The normalized spacial score (nSPS) is 16.2. The second kappa shape index (κ2) is 6.79. The first-order valence-corrected chi connectivity index (χ1v) is 8.49. The Morgan fingerprint density at radius 1 is 1.43 bits per heavy atom. The molecule has 3 N–H and O–H groups in total. The van der Waals surface area contributed by atoms with E-state index in [4.69, 9.17) is 10.5 Å². The van der Waals surface area contributed by atoms with Crippen molar-refractivity contribution in [3.05, 3.63) is 21.4 Å². The van der Waals surface area contributed by atoms with Crippen molar-refractivity contribution in [1.82, 2.24) is 5.32 Å². The average Bonchev–Trinajstić information content (AvgIpc) is 2.77. The second-order valence-electron chi connectivity index (χ2n) is 6.65. The molecule has 0 saturated carbocycles. The fourth-order valence-electron chi connectivity index (χ4n) is 2.56. The molecule has 21 heavy (non-hydrogen) atoms. The highest BCUT2D eigenvalue weighted by Gasteiger charge is 2.20. The Bertz CT molecular complexity index is 467. The number of carbonyl (C=O) groups excluding carboxylic acids is 1. The van der Waals surface area contributed by atoms with Crippen LogP contribution in [0.1, 0.15) is 48.9 Å². The summed E-state index contributed by atoms with van der Waals surface area (Å²) in [5.74, 6) is 0. The molecule has 4 nitrogen and oxygen atoms in total. The van der Waals surface area contributed by atoms with Gasteiger partial charge >= 0.3 is 6.09 Å². The molecule has 0 spiro atoms. The number of nitrogens with one attached hydrogen (secondary N) is 1. The van der Waals surface area contributed by atoms with E-state index in [1.807, 2.05) is 32.1 Å². The van der Waals surface area contributed by atoms with Gasteiger partial charge in [0.05, 0.1) is 0 Å². The molecule has 0 aliphatic heterocycles. The van der Waals surface area contributed by atoms with Gasteiger partial charge in [0.2, 0.25) is 0 Å². The number of nitrogens with two attached hydrogens (primary N) is 1. The highest BCUT2D eigenvalue weighted by atomic mass is 32.1. The van der Waals surface area contributed by atoms with Crippen LogP contribution < -0.4 is 11.1 Å². The molecule has 1 aliphatic rings. The number of carbonyl (C=O) groups is 1. The van der Waals surface area contributed by atoms with Crippen LogP contribution in [-0.4, -0.2) is 24.3 Å². The minimum Gasteiger partial charge on any atom is -0.444 e. The smallest absolute Gasteiger partial charge is 0.407 e. The summed E-state index contributed by atoms with van der Waals surface area (Å²) in [5, 5.41) is 2.87. The fraction of sp³-hybridized carbons (Fsp3) is 0.688. The zero-order valence-electron chi connectivity index (χ0n) is 13.2. The van der Waals surface area contributed by atoms with Crippen LogP contribution in [0.3, 0.4) is 0 Å². The van der Waals surface area contributed by atoms with Crippen molar-refractivity contribution >= 4 is 17.4 Å². The SMILES string of the molecule is CC(C)(C)OC(=O)NC(CN)Cc1cc2c(s1)CCCC2. The molecular formula is C16H26N2O2S. The first-order valence-electron chi connectivity index (χ1n) is 7.67. The number of fused-ring (bicyclic) bond motifs is 1. The predicted octanol–water partition coefficient (Wildman–Crippen LogP) is 3.02. The van der Waals surface area contributed by atoms with E-state index in [9.17, 15) is 4.79 Å². The van der Waals surface area contributed by atoms with Gasteiger partial charge in [-0.15, -0.1) is 11.3 Å². The van der Waals surface area contributed by atoms with Gasteiger partial charge in [-0.05, 0) is 58.1 Å². The summed E-state index contributed by atoms with van der Waals surface area (Å²) in [5.41, 5.74) is 6.80. The van der Waals surface area contributed by atoms with Crippen LogP contribution in [0, 0.1) is 0 Å². The van der Waals surface area contributed by atoms with E-state index in [1.54, 1.807) is 0 Å². The molecule has 1 unspecified atom stereocenters. The predicted molar refractivity (Wildman–Crippen MR) is 86.9 cm³/mol. The van der Waals surface area contributed by atoms with E-state index in [2.05, 4.69) is 11.4 Å². The molecule has 1 heterocycles. The maximum absolute atomic E-state index is 11.8. The highest BCUT2D eigenvalue weighted by Crippen LogP contribution is 2.30. The second-order valence-corrected chi connectivity index (χ2v) is 7.87. The first-order chi connectivity index (χ1) is 9.87. The summed E-state index contributed by atoms with van der Waals surface area (Å²) < 4.78 is 5.29. The van der Waals surface area contributed by atoms with Gasteiger partial charge in [-0.1, -0.05) is 0 Å². The molecule has 0 bridgehead atoms. The zero-order valence-corrected chi connectivity index (χ0v) is 14.0. The lowest BCUT2D eigenvalue weighted by atomic mass is 9.99. The maximum Gasteiger partial charge on any atom is 0.407 e. The van der Waals surface area contributed by atoms with Crippen molar-refractivity contribution in [2.45, 2.75) is 64.5 Å². The third kappa shape index (κ3) is 5.00. The topological polar surface area (TPSA) is 64.3 Å². The molecular weight excluding hydrogens is 284 g/mol. The van der Waals surface area contributed by atoms with Crippen LogP contribution in [-0.2, 0) is 24.0 Å². The molecule has 0 radical (unpaired) electrons. The van der Waals surface area contributed by atoms with Crippen molar-refractivity contribution in [3.8, 4) is 0 Å². The lowest BCUT2D eigenvalue weighted by Crippen LogP contribution is -2.44. The Morgan fingerprint density at radius 2 is 2.14 bits per heavy atom. The molecule has 1 aromatic rings. The van der Waals surface area contributed by atoms with Gasteiger partial charge in [0.1, 0.15) is 5.60 Å². The van der Waals surface area contributed by atoms with Crippen LogP contribution in [0.2, 0.25) is 0 Å². The van der Waals surface area contributed by atoms with Gasteiger partial charge in [0, 0.05) is 28.8 Å². The number of aryl methyl sites for hydroxylation is 2. The maximum atomic E-state index is 11.8. The molecule has 1 aliphatic carbocycles. The fourth-order valence-corrected chi connectivity index (χ4v) is 3.90. The van der Waals surface area contributed by atoms with Crippen LogP contribution in [0.25, 0.3) is 0 Å². The number of alkyl carbamates (subject to hydrolysis) is 1. The van der Waals surface area contributed by atoms with E-state index in [-0.39, 0.29) is 12.1 Å². The van der Waals surface area contributed by atoms with Gasteiger partial charge < -0.3 is 15.8 Å². The summed E-state index contributed by atoms with van der Waals surface area (Å²) in [6.07, 6.45) is 5.38.